The predicted octanol–water partition coefficient (Wildman–Crippen LogP) is 3.12. The summed E-state index contributed by atoms with van der Waals surface area (Å²) in [5.74, 6) is 1.16. The molecule has 3 rings (SSSR count). The summed E-state index contributed by atoms with van der Waals surface area (Å²) in [6.07, 6.45) is 3.51. The van der Waals surface area contributed by atoms with Gasteiger partial charge >= 0.3 is 0 Å². The third-order valence-corrected chi connectivity index (χ3v) is 3.87. The quantitative estimate of drug-likeness (QED) is 0.640. The Morgan fingerprint density at radius 1 is 1.38 bits per heavy atom. The van der Waals surface area contributed by atoms with Gasteiger partial charge in [0.05, 0.1) is 17.2 Å². The van der Waals surface area contributed by atoms with Crippen molar-refractivity contribution in [3.05, 3.63) is 70.3 Å². The molecule has 0 aliphatic carbocycles. The summed E-state index contributed by atoms with van der Waals surface area (Å²) in [4.78, 5) is 12.2. The monoisotopic (exact) mass is 414 g/mol. The standard InChI is InChI=1S/C18H15BrN4O3/c19-14-10-22-23(11-14)12-16-4-5-17(26-16)18(24)21-9-13-2-1-3-15(8-13)25-7-6-20/h1-5,8,10-11H,7,9,12H2,(H,21,24). The van der Waals surface area contributed by atoms with Gasteiger partial charge in [-0.05, 0) is 45.8 Å². The van der Waals surface area contributed by atoms with Gasteiger partial charge in [-0.3, -0.25) is 9.48 Å². The fraction of sp³-hybridized carbons (Fsp3) is 0.167. The highest BCUT2D eigenvalue weighted by Crippen LogP contribution is 2.14. The minimum atomic E-state index is -0.304. The lowest BCUT2D eigenvalue weighted by atomic mass is 10.2. The Morgan fingerprint density at radius 2 is 2.27 bits per heavy atom. The van der Waals surface area contributed by atoms with E-state index in [2.05, 4.69) is 26.3 Å². The van der Waals surface area contributed by atoms with Crippen molar-refractivity contribution in [1.29, 1.82) is 5.26 Å². The van der Waals surface area contributed by atoms with Crippen LogP contribution in [0.15, 0.2) is 57.7 Å². The van der Waals surface area contributed by atoms with E-state index in [0.29, 0.717) is 24.6 Å². The van der Waals surface area contributed by atoms with E-state index in [4.69, 9.17) is 14.4 Å². The highest BCUT2D eigenvalue weighted by atomic mass is 79.9. The first-order valence-corrected chi connectivity index (χ1v) is 8.57. The van der Waals surface area contributed by atoms with Crippen LogP contribution in [0.2, 0.25) is 0 Å². The Hall–Kier alpha value is -3.05. The van der Waals surface area contributed by atoms with Crippen molar-refractivity contribution in [2.75, 3.05) is 6.61 Å². The van der Waals surface area contributed by atoms with Crippen molar-refractivity contribution in [2.45, 2.75) is 13.1 Å². The highest BCUT2D eigenvalue weighted by molar-refractivity contribution is 9.10. The SMILES string of the molecule is N#CCOc1cccc(CNC(=O)c2ccc(Cn3cc(Br)cn3)o2)c1. The molecular formula is C18H15BrN4O3. The van der Waals surface area contributed by atoms with Crippen molar-refractivity contribution in [3.8, 4) is 11.8 Å². The van der Waals surface area contributed by atoms with Crippen molar-refractivity contribution in [2.24, 2.45) is 0 Å². The molecule has 0 aliphatic heterocycles. The van der Waals surface area contributed by atoms with Crippen LogP contribution >= 0.6 is 15.9 Å². The zero-order chi connectivity index (χ0) is 18.4. The van der Waals surface area contributed by atoms with Crippen LogP contribution in [0.5, 0.6) is 5.75 Å². The van der Waals surface area contributed by atoms with Gasteiger partial charge in [0, 0.05) is 12.7 Å². The molecule has 132 valence electrons. The van der Waals surface area contributed by atoms with Crippen LogP contribution in [0.25, 0.3) is 0 Å². The van der Waals surface area contributed by atoms with Crippen LogP contribution in [-0.4, -0.2) is 22.3 Å². The first-order valence-electron chi connectivity index (χ1n) is 7.77. The molecule has 0 saturated carbocycles. The van der Waals surface area contributed by atoms with E-state index < -0.39 is 0 Å². The van der Waals surface area contributed by atoms with Gasteiger partial charge in [-0.2, -0.15) is 10.4 Å². The van der Waals surface area contributed by atoms with Crippen molar-refractivity contribution in [1.82, 2.24) is 15.1 Å². The van der Waals surface area contributed by atoms with Crippen molar-refractivity contribution >= 4 is 21.8 Å². The maximum Gasteiger partial charge on any atom is 0.287 e. The van der Waals surface area contributed by atoms with Crippen LogP contribution in [-0.2, 0) is 13.1 Å². The van der Waals surface area contributed by atoms with Gasteiger partial charge in [-0.15, -0.1) is 0 Å². The fourth-order valence-electron chi connectivity index (χ4n) is 2.30. The van der Waals surface area contributed by atoms with Crippen LogP contribution < -0.4 is 10.1 Å². The van der Waals surface area contributed by atoms with Crippen molar-refractivity contribution < 1.29 is 13.9 Å². The van der Waals surface area contributed by atoms with E-state index in [-0.39, 0.29) is 18.3 Å². The number of hydrogen-bond donors (Lipinski definition) is 1. The molecule has 0 fully saturated rings. The number of nitrogens with zero attached hydrogens (tertiary/aromatic N) is 3. The Bertz CT molecular complexity index is 942. The second-order valence-electron chi connectivity index (χ2n) is 5.40. The molecule has 2 aromatic heterocycles. The minimum Gasteiger partial charge on any atom is -0.479 e. The van der Waals surface area contributed by atoms with E-state index in [9.17, 15) is 4.79 Å². The largest absolute Gasteiger partial charge is 0.479 e. The van der Waals surface area contributed by atoms with Gasteiger partial charge in [-0.25, -0.2) is 0 Å². The normalized spacial score (nSPS) is 10.3. The Morgan fingerprint density at radius 3 is 3.04 bits per heavy atom. The number of hydrogen-bond acceptors (Lipinski definition) is 5. The highest BCUT2D eigenvalue weighted by Gasteiger charge is 2.12. The fourth-order valence-corrected chi connectivity index (χ4v) is 2.63. The average molecular weight is 415 g/mol. The first-order chi connectivity index (χ1) is 12.6. The van der Waals surface area contributed by atoms with Gasteiger partial charge < -0.3 is 14.5 Å². The number of halogens is 1. The summed E-state index contributed by atoms with van der Waals surface area (Å²) in [5, 5.41) is 15.5. The van der Waals surface area contributed by atoms with E-state index in [1.54, 1.807) is 41.2 Å². The minimum absolute atomic E-state index is 0.0161. The number of ether oxygens (including phenoxy) is 1. The number of rotatable bonds is 7. The summed E-state index contributed by atoms with van der Waals surface area (Å²) in [5.41, 5.74) is 0.863. The Balaban J connectivity index is 1.56. The van der Waals surface area contributed by atoms with E-state index in [1.165, 1.54) is 0 Å². The number of nitrogens with one attached hydrogen (secondary N) is 1. The number of carbonyl (C=O) groups is 1. The molecule has 7 nitrogen and oxygen atoms in total. The Labute approximate surface area is 158 Å². The van der Waals surface area contributed by atoms with Gasteiger partial charge in [-0.1, -0.05) is 12.1 Å². The number of amides is 1. The number of furan rings is 1. The summed E-state index contributed by atoms with van der Waals surface area (Å²) >= 11 is 3.33. The molecule has 0 radical (unpaired) electrons. The summed E-state index contributed by atoms with van der Waals surface area (Å²) in [7, 11) is 0. The van der Waals surface area contributed by atoms with Crippen LogP contribution in [0, 0.1) is 11.3 Å². The van der Waals surface area contributed by atoms with Gasteiger partial charge in [0.15, 0.2) is 12.4 Å². The molecule has 1 N–H and O–H groups in total. The van der Waals surface area contributed by atoms with Gasteiger partial charge in [0.25, 0.3) is 5.91 Å². The molecule has 2 heterocycles. The number of benzene rings is 1. The third-order valence-electron chi connectivity index (χ3n) is 3.46. The molecule has 26 heavy (non-hydrogen) atoms. The first kappa shape index (κ1) is 17.8. The predicted molar refractivity (Wildman–Crippen MR) is 96.5 cm³/mol. The van der Waals surface area contributed by atoms with Gasteiger partial charge in [0.2, 0.25) is 0 Å². The molecule has 0 spiro atoms. The molecule has 0 atom stereocenters. The molecule has 8 heteroatoms. The number of aromatic nitrogens is 2. The second-order valence-corrected chi connectivity index (χ2v) is 6.31. The maximum absolute atomic E-state index is 12.2. The molecule has 3 aromatic rings. The molecule has 0 bridgehead atoms. The Kier molecular flexibility index (Phi) is 5.71. The lowest BCUT2D eigenvalue weighted by Crippen LogP contribution is -2.22. The molecule has 0 saturated heterocycles. The molecular weight excluding hydrogens is 400 g/mol. The van der Waals surface area contributed by atoms with Crippen LogP contribution in [0.4, 0.5) is 0 Å². The topological polar surface area (TPSA) is 93.1 Å². The summed E-state index contributed by atoms with van der Waals surface area (Å²) in [6, 6.07) is 12.5. The smallest absolute Gasteiger partial charge is 0.287 e. The summed E-state index contributed by atoms with van der Waals surface area (Å²) < 4.78 is 13.4. The molecule has 1 aromatic carbocycles. The van der Waals surface area contributed by atoms with E-state index in [1.807, 2.05) is 18.3 Å². The lowest BCUT2D eigenvalue weighted by molar-refractivity contribution is 0.0921. The molecule has 1 amide bonds. The van der Waals surface area contributed by atoms with Crippen LogP contribution in [0.3, 0.4) is 0 Å². The lowest BCUT2D eigenvalue weighted by Gasteiger charge is -2.06. The molecule has 0 unspecified atom stereocenters. The maximum atomic E-state index is 12.2. The third kappa shape index (κ3) is 4.74. The molecule has 0 aliphatic rings. The second kappa shape index (κ2) is 8.36. The zero-order valence-electron chi connectivity index (χ0n) is 13.7. The van der Waals surface area contributed by atoms with Crippen LogP contribution in [0.1, 0.15) is 21.9 Å². The zero-order valence-corrected chi connectivity index (χ0v) is 15.3. The average Bonchev–Trinajstić information content (AvgIpc) is 3.27. The van der Waals surface area contributed by atoms with E-state index >= 15 is 0 Å². The van der Waals surface area contributed by atoms with Gasteiger partial charge in [0.1, 0.15) is 17.6 Å². The number of carbonyl (C=O) groups excluding carboxylic acids is 1. The summed E-state index contributed by atoms with van der Waals surface area (Å²) in [6.45, 7) is 0.750. The van der Waals surface area contributed by atoms with E-state index in [0.717, 1.165) is 10.0 Å². The number of nitriles is 1. The van der Waals surface area contributed by atoms with Crippen molar-refractivity contribution in [3.63, 3.8) is 0 Å².